The Morgan fingerprint density at radius 2 is 1.00 bits per heavy atom. The minimum absolute atomic E-state index is 0.410. The molecule has 2 aliphatic rings. The van der Waals surface area contributed by atoms with E-state index >= 15 is 0 Å². The molecule has 12 rings (SSSR count). The summed E-state index contributed by atoms with van der Waals surface area (Å²) in [6.07, 6.45) is 0. The van der Waals surface area contributed by atoms with E-state index in [2.05, 4.69) is 188 Å². The number of fused-ring (bicyclic) bond motifs is 13. The second-order valence-corrected chi connectivity index (χ2v) is 15.9. The van der Waals surface area contributed by atoms with E-state index in [4.69, 9.17) is 9.97 Å². The third kappa shape index (κ3) is 4.43. The van der Waals surface area contributed by atoms with Crippen LogP contribution in [0, 0.1) is 0 Å². The van der Waals surface area contributed by atoms with E-state index in [1.165, 1.54) is 70.2 Å². The Morgan fingerprint density at radius 3 is 1.82 bits per heavy atom. The number of aromatic nitrogens is 2. The van der Waals surface area contributed by atoms with Crippen LogP contribution in [0.2, 0.25) is 0 Å². The monoisotopic (exact) mass is 728 g/mol. The van der Waals surface area contributed by atoms with Crippen molar-refractivity contribution < 1.29 is 0 Å². The first kappa shape index (κ1) is 31.4. The summed E-state index contributed by atoms with van der Waals surface area (Å²) in [5.41, 5.74) is 16.4. The van der Waals surface area contributed by atoms with Crippen molar-refractivity contribution in [2.75, 3.05) is 0 Å². The van der Waals surface area contributed by atoms with E-state index in [0.29, 0.717) is 5.82 Å². The molecule has 2 nitrogen and oxygen atoms in total. The number of hydrogen-bond donors (Lipinski definition) is 0. The molecule has 0 saturated carbocycles. The van der Waals surface area contributed by atoms with Crippen molar-refractivity contribution in [1.29, 1.82) is 0 Å². The van der Waals surface area contributed by atoms with Gasteiger partial charge < -0.3 is 0 Å². The number of hydrogen-bond acceptors (Lipinski definition) is 3. The summed E-state index contributed by atoms with van der Waals surface area (Å²) in [4.78, 5) is 11.9. The lowest BCUT2D eigenvalue weighted by Gasteiger charge is -2.30. The van der Waals surface area contributed by atoms with Crippen LogP contribution < -0.4 is 0 Å². The number of nitrogens with zero attached hydrogens (tertiary/aromatic N) is 2. The summed E-state index contributed by atoms with van der Waals surface area (Å²) >= 11 is 1.92. The Hall–Kier alpha value is -6.94. The zero-order chi connectivity index (χ0) is 36.8. The van der Waals surface area contributed by atoms with Crippen molar-refractivity contribution in [1.82, 2.24) is 9.97 Å². The lowest BCUT2D eigenvalue weighted by Crippen LogP contribution is -2.25. The van der Waals surface area contributed by atoms with Crippen LogP contribution in [0.1, 0.15) is 22.3 Å². The van der Waals surface area contributed by atoms with Crippen molar-refractivity contribution in [2.45, 2.75) is 5.41 Å². The molecule has 0 unspecified atom stereocenters. The van der Waals surface area contributed by atoms with Gasteiger partial charge >= 0.3 is 0 Å². The standard InChI is InChI=1S/C53H32N2S/c1-2-15-34(16-3-1)46-32-47(37-29-28-33-14-4-5-17-35(33)30-37)55-52(54-46)38-19-12-18-36(31-38)39-23-13-26-45-49(39)51-50(42-22-8-11-27-48(42)56-51)53(45)43-24-9-6-20-40(43)41-21-7-10-25-44(41)53/h1-32H. The Balaban J connectivity index is 1.08. The van der Waals surface area contributed by atoms with Gasteiger partial charge in [-0.05, 0) is 84.9 Å². The third-order valence-electron chi connectivity index (χ3n) is 11.9. The average molecular weight is 729 g/mol. The number of benzene rings is 8. The van der Waals surface area contributed by atoms with Gasteiger partial charge in [0.1, 0.15) is 0 Å². The Labute approximate surface area is 329 Å². The molecule has 0 amide bonds. The van der Waals surface area contributed by atoms with E-state index in [1.807, 2.05) is 17.4 Å². The van der Waals surface area contributed by atoms with Gasteiger partial charge in [-0.2, -0.15) is 0 Å². The largest absolute Gasteiger partial charge is 0.228 e. The summed E-state index contributed by atoms with van der Waals surface area (Å²) in [6, 6.07) is 70.5. The highest BCUT2D eigenvalue weighted by atomic mass is 32.1. The van der Waals surface area contributed by atoms with Crippen molar-refractivity contribution in [3.63, 3.8) is 0 Å². The van der Waals surface area contributed by atoms with Crippen LogP contribution in [0.5, 0.6) is 0 Å². The van der Waals surface area contributed by atoms with Gasteiger partial charge in [-0.1, -0.05) is 170 Å². The van der Waals surface area contributed by atoms with Gasteiger partial charge in [-0.15, -0.1) is 11.3 Å². The molecule has 0 aliphatic heterocycles. The molecular weight excluding hydrogens is 697 g/mol. The van der Waals surface area contributed by atoms with Gasteiger partial charge in [0.05, 0.1) is 16.8 Å². The fraction of sp³-hybridized carbons (Fsp3) is 0.0189. The first-order valence-electron chi connectivity index (χ1n) is 19.2. The molecule has 2 aliphatic carbocycles. The molecule has 260 valence electrons. The van der Waals surface area contributed by atoms with Crippen LogP contribution in [0.25, 0.3) is 87.5 Å². The maximum Gasteiger partial charge on any atom is 0.160 e. The minimum atomic E-state index is -0.410. The predicted molar refractivity (Wildman–Crippen MR) is 233 cm³/mol. The molecule has 0 radical (unpaired) electrons. The van der Waals surface area contributed by atoms with Crippen LogP contribution in [0.3, 0.4) is 0 Å². The summed E-state index contributed by atoms with van der Waals surface area (Å²) in [7, 11) is 0. The first-order valence-corrected chi connectivity index (χ1v) is 20.0. The van der Waals surface area contributed by atoms with E-state index in [-0.39, 0.29) is 0 Å². The van der Waals surface area contributed by atoms with Gasteiger partial charge in [0.25, 0.3) is 0 Å². The van der Waals surface area contributed by atoms with E-state index in [9.17, 15) is 0 Å². The quantitative estimate of drug-likeness (QED) is 0.180. The molecule has 3 heteroatoms. The predicted octanol–water partition coefficient (Wildman–Crippen LogP) is 13.9. The van der Waals surface area contributed by atoms with Gasteiger partial charge in [-0.25, -0.2) is 9.97 Å². The Kier molecular flexibility index (Phi) is 6.75. The second kappa shape index (κ2) is 12.0. The molecule has 2 aromatic heterocycles. The molecule has 2 heterocycles. The second-order valence-electron chi connectivity index (χ2n) is 14.8. The molecule has 0 bridgehead atoms. The average Bonchev–Trinajstić information content (AvgIpc) is 3.90. The van der Waals surface area contributed by atoms with E-state index in [1.54, 1.807) is 0 Å². The number of thiophene rings is 1. The summed E-state index contributed by atoms with van der Waals surface area (Å²) in [6.45, 7) is 0. The highest BCUT2D eigenvalue weighted by molar-refractivity contribution is 7.22. The van der Waals surface area contributed by atoms with Crippen LogP contribution in [0.4, 0.5) is 0 Å². The van der Waals surface area contributed by atoms with Crippen LogP contribution >= 0.6 is 11.3 Å². The maximum atomic E-state index is 5.28. The van der Waals surface area contributed by atoms with Crippen molar-refractivity contribution in [3.05, 3.63) is 216 Å². The molecule has 1 spiro atoms. The third-order valence-corrected chi connectivity index (χ3v) is 13.1. The lowest BCUT2D eigenvalue weighted by atomic mass is 9.70. The maximum absolute atomic E-state index is 5.28. The Morgan fingerprint density at radius 1 is 0.393 bits per heavy atom. The molecular formula is C53H32N2S. The molecule has 0 N–H and O–H groups in total. The van der Waals surface area contributed by atoms with Crippen LogP contribution in [0.15, 0.2) is 194 Å². The molecule has 0 fully saturated rings. The molecule has 10 aromatic rings. The van der Waals surface area contributed by atoms with E-state index < -0.39 is 5.41 Å². The summed E-state index contributed by atoms with van der Waals surface area (Å²) < 4.78 is 1.32. The highest BCUT2D eigenvalue weighted by Gasteiger charge is 2.53. The zero-order valence-corrected chi connectivity index (χ0v) is 31.1. The highest BCUT2D eigenvalue weighted by Crippen LogP contribution is 2.67. The fourth-order valence-electron chi connectivity index (χ4n) is 9.53. The topological polar surface area (TPSA) is 25.8 Å². The van der Waals surface area contributed by atoms with Crippen molar-refractivity contribution >= 4 is 32.2 Å². The molecule has 0 saturated heterocycles. The normalized spacial score (nSPS) is 13.1. The summed E-state index contributed by atoms with van der Waals surface area (Å²) in [5.74, 6) is 0.710. The van der Waals surface area contributed by atoms with Gasteiger partial charge in [0, 0.05) is 31.8 Å². The molecule has 0 atom stereocenters. The first-order chi connectivity index (χ1) is 27.8. The van der Waals surface area contributed by atoms with Crippen LogP contribution in [-0.2, 0) is 5.41 Å². The van der Waals surface area contributed by atoms with Gasteiger partial charge in [0.2, 0.25) is 0 Å². The van der Waals surface area contributed by atoms with Gasteiger partial charge in [0.15, 0.2) is 5.82 Å². The van der Waals surface area contributed by atoms with Crippen LogP contribution in [-0.4, -0.2) is 9.97 Å². The van der Waals surface area contributed by atoms with Gasteiger partial charge in [-0.3, -0.25) is 0 Å². The van der Waals surface area contributed by atoms with Crippen molar-refractivity contribution in [2.24, 2.45) is 0 Å². The zero-order valence-electron chi connectivity index (χ0n) is 30.3. The lowest BCUT2D eigenvalue weighted by molar-refractivity contribution is 0.803. The minimum Gasteiger partial charge on any atom is -0.228 e. The molecule has 56 heavy (non-hydrogen) atoms. The summed E-state index contributed by atoms with van der Waals surface area (Å²) in [5, 5.41) is 3.74. The smallest absolute Gasteiger partial charge is 0.160 e. The number of rotatable bonds is 4. The van der Waals surface area contributed by atoms with E-state index in [0.717, 1.165) is 33.6 Å². The van der Waals surface area contributed by atoms with Crippen molar-refractivity contribution in [3.8, 4) is 66.6 Å². The molecule has 8 aromatic carbocycles. The SMILES string of the molecule is c1ccc(-c2cc(-c3ccc4ccccc4c3)nc(-c3cccc(-c4cccc5c4-c4sc6ccccc6c4C54c5ccccc5-c5ccccc54)c3)n2)cc1. The fourth-order valence-corrected chi connectivity index (χ4v) is 10.9. The Bertz CT molecular complexity index is 3170.